The van der Waals surface area contributed by atoms with E-state index in [9.17, 15) is 0 Å². The third kappa shape index (κ3) is 1.87. The monoisotopic (exact) mass is 298 g/mol. The highest BCUT2D eigenvalue weighted by atomic mass is 32.1. The van der Waals surface area contributed by atoms with Crippen LogP contribution >= 0.6 is 35.8 Å². The maximum Gasteiger partial charge on any atom is 0.176 e. The zero-order valence-electron chi connectivity index (χ0n) is 10.3. The van der Waals surface area contributed by atoms with Crippen molar-refractivity contribution >= 4 is 46.0 Å². The summed E-state index contributed by atoms with van der Waals surface area (Å²) in [6.07, 6.45) is 1.92. The molecular formula is C12H14N2OS3. The SMILES string of the molecule is CC[C@]1(C)Cc2c(sc3[nH]c(=S)[nH]c(=S)c23)CO1. The Bertz CT molecular complexity index is 727. The van der Waals surface area contributed by atoms with Gasteiger partial charge in [0.15, 0.2) is 4.77 Å². The molecule has 96 valence electrons. The molecule has 0 aromatic carbocycles. The van der Waals surface area contributed by atoms with Crippen LogP contribution in [0.1, 0.15) is 30.7 Å². The average Bonchev–Trinajstić information content (AvgIpc) is 2.66. The van der Waals surface area contributed by atoms with Crippen molar-refractivity contribution in [3.05, 3.63) is 19.9 Å². The number of thiophene rings is 1. The Balaban J connectivity index is 2.28. The zero-order valence-corrected chi connectivity index (χ0v) is 12.7. The van der Waals surface area contributed by atoms with Crippen molar-refractivity contribution in [1.82, 2.24) is 9.97 Å². The molecule has 2 aromatic rings. The van der Waals surface area contributed by atoms with E-state index >= 15 is 0 Å². The molecule has 0 bridgehead atoms. The predicted molar refractivity (Wildman–Crippen MR) is 79.4 cm³/mol. The Morgan fingerprint density at radius 2 is 2.17 bits per heavy atom. The van der Waals surface area contributed by atoms with Crippen LogP contribution in [-0.2, 0) is 17.8 Å². The van der Waals surface area contributed by atoms with E-state index in [1.807, 2.05) is 0 Å². The predicted octanol–water partition coefficient (Wildman–Crippen LogP) is 4.26. The third-order valence-electron chi connectivity index (χ3n) is 3.62. The minimum absolute atomic E-state index is 0.0740. The summed E-state index contributed by atoms with van der Waals surface area (Å²) >= 11 is 12.3. The Morgan fingerprint density at radius 1 is 1.39 bits per heavy atom. The van der Waals surface area contributed by atoms with Crippen molar-refractivity contribution in [3.63, 3.8) is 0 Å². The number of hydrogen-bond acceptors (Lipinski definition) is 4. The molecule has 0 amide bonds. The van der Waals surface area contributed by atoms with Gasteiger partial charge in [-0.1, -0.05) is 19.1 Å². The van der Waals surface area contributed by atoms with Crippen molar-refractivity contribution in [3.8, 4) is 0 Å². The van der Waals surface area contributed by atoms with Gasteiger partial charge < -0.3 is 14.7 Å². The molecule has 0 spiro atoms. The lowest BCUT2D eigenvalue weighted by molar-refractivity contribution is -0.0543. The first-order valence-electron chi connectivity index (χ1n) is 5.93. The largest absolute Gasteiger partial charge is 0.369 e. The molecule has 0 saturated carbocycles. The number of aromatic nitrogens is 2. The number of ether oxygens (including phenoxy) is 1. The lowest BCUT2D eigenvalue weighted by Gasteiger charge is -2.32. The summed E-state index contributed by atoms with van der Waals surface area (Å²) in [6, 6.07) is 0. The van der Waals surface area contributed by atoms with Gasteiger partial charge >= 0.3 is 0 Å². The number of hydrogen-bond donors (Lipinski definition) is 2. The van der Waals surface area contributed by atoms with E-state index in [2.05, 4.69) is 23.8 Å². The molecular weight excluding hydrogens is 284 g/mol. The second-order valence-electron chi connectivity index (χ2n) is 4.89. The average molecular weight is 298 g/mol. The fourth-order valence-corrected chi connectivity index (χ4v) is 4.20. The fraction of sp³-hybridized carbons (Fsp3) is 0.500. The van der Waals surface area contributed by atoms with Gasteiger partial charge in [0.1, 0.15) is 9.47 Å². The maximum absolute atomic E-state index is 5.97. The van der Waals surface area contributed by atoms with E-state index in [-0.39, 0.29) is 5.60 Å². The van der Waals surface area contributed by atoms with Gasteiger partial charge in [0, 0.05) is 16.7 Å². The Kier molecular flexibility index (Phi) is 2.93. The van der Waals surface area contributed by atoms with Gasteiger partial charge in [-0.15, -0.1) is 11.3 Å². The van der Waals surface area contributed by atoms with Crippen LogP contribution in [0, 0.1) is 9.41 Å². The van der Waals surface area contributed by atoms with E-state index < -0.39 is 0 Å². The standard InChI is InChI=1S/C12H14N2OS3/c1-3-12(2)4-6-7(5-15-12)18-10-8(6)9(16)13-11(17)14-10/h3-5H2,1-2H3,(H2,13,14,16,17)/t12-/m1/s1. The molecule has 2 N–H and O–H groups in total. The molecule has 3 heterocycles. The summed E-state index contributed by atoms with van der Waals surface area (Å²) < 4.78 is 7.30. The maximum atomic E-state index is 5.97. The molecule has 1 aliphatic heterocycles. The van der Waals surface area contributed by atoms with E-state index in [4.69, 9.17) is 29.2 Å². The number of nitrogens with one attached hydrogen (secondary N) is 2. The Morgan fingerprint density at radius 3 is 2.89 bits per heavy atom. The molecule has 0 unspecified atom stereocenters. The first kappa shape index (κ1) is 12.5. The smallest absolute Gasteiger partial charge is 0.176 e. The molecule has 0 fully saturated rings. The number of aromatic amines is 2. The van der Waals surface area contributed by atoms with Gasteiger partial charge in [-0.05, 0) is 31.1 Å². The molecule has 0 saturated heterocycles. The van der Waals surface area contributed by atoms with Crippen LogP contribution in [0.2, 0.25) is 0 Å². The number of rotatable bonds is 1. The zero-order chi connectivity index (χ0) is 12.9. The van der Waals surface area contributed by atoms with Gasteiger partial charge in [-0.2, -0.15) is 0 Å². The molecule has 0 aliphatic carbocycles. The highest BCUT2D eigenvalue weighted by Crippen LogP contribution is 2.39. The minimum atomic E-state index is -0.0740. The Labute approximate surface area is 119 Å². The van der Waals surface area contributed by atoms with Gasteiger partial charge in [-0.25, -0.2) is 0 Å². The van der Waals surface area contributed by atoms with E-state index in [0.717, 1.165) is 27.7 Å². The molecule has 3 nitrogen and oxygen atoms in total. The van der Waals surface area contributed by atoms with Crippen molar-refractivity contribution in [1.29, 1.82) is 0 Å². The van der Waals surface area contributed by atoms with Gasteiger partial charge in [0.2, 0.25) is 0 Å². The fourth-order valence-electron chi connectivity index (χ4n) is 2.34. The summed E-state index contributed by atoms with van der Waals surface area (Å²) in [5.41, 5.74) is 1.26. The third-order valence-corrected chi connectivity index (χ3v) is 5.25. The second-order valence-corrected chi connectivity index (χ2v) is 6.81. The second kappa shape index (κ2) is 4.23. The summed E-state index contributed by atoms with van der Waals surface area (Å²) in [5, 5.41) is 1.13. The molecule has 18 heavy (non-hydrogen) atoms. The topological polar surface area (TPSA) is 40.8 Å². The number of fused-ring (bicyclic) bond motifs is 3. The van der Waals surface area contributed by atoms with Gasteiger partial charge in [0.25, 0.3) is 0 Å². The minimum Gasteiger partial charge on any atom is -0.369 e. The van der Waals surface area contributed by atoms with Crippen LogP contribution in [0.5, 0.6) is 0 Å². The number of H-pyrrole nitrogens is 2. The molecule has 6 heteroatoms. The molecule has 1 aliphatic rings. The summed E-state index contributed by atoms with van der Waals surface area (Å²) in [5.74, 6) is 0. The van der Waals surface area contributed by atoms with Crippen LogP contribution in [0.3, 0.4) is 0 Å². The highest BCUT2D eigenvalue weighted by Gasteiger charge is 2.32. The van der Waals surface area contributed by atoms with Crippen molar-refractivity contribution < 1.29 is 4.74 Å². The Hall–Kier alpha value is -0.560. The van der Waals surface area contributed by atoms with Crippen LogP contribution in [-0.4, -0.2) is 15.6 Å². The normalized spacial score (nSPS) is 23.2. The van der Waals surface area contributed by atoms with Crippen LogP contribution in [0.4, 0.5) is 0 Å². The first-order valence-corrected chi connectivity index (χ1v) is 7.56. The lowest BCUT2D eigenvalue weighted by atomic mass is 9.90. The van der Waals surface area contributed by atoms with Gasteiger partial charge in [-0.3, -0.25) is 0 Å². The molecule has 2 aromatic heterocycles. The van der Waals surface area contributed by atoms with Crippen LogP contribution in [0.15, 0.2) is 0 Å². The molecule has 0 radical (unpaired) electrons. The van der Waals surface area contributed by atoms with Crippen LogP contribution < -0.4 is 0 Å². The van der Waals surface area contributed by atoms with Crippen molar-refractivity contribution in [2.24, 2.45) is 0 Å². The van der Waals surface area contributed by atoms with E-state index in [1.165, 1.54) is 10.4 Å². The highest BCUT2D eigenvalue weighted by molar-refractivity contribution is 7.72. The summed E-state index contributed by atoms with van der Waals surface area (Å²) in [6.45, 7) is 5.00. The van der Waals surface area contributed by atoms with Gasteiger partial charge in [0.05, 0.1) is 12.2 Å². The lowest BCUT2D eigenvalue weighted by Crippen LogP contribution is -2.33. The summed E-state index contributed by atoms with van der Waals surface area (Å²) in [7, 11) is 0. The van der Waals surface area contributed by atoms with Crippen molar-refractivity contribution in [2.45, 2.75) is 38.9 Å². The first-order chi connectivity index (χ1) is 8.52. The molecule has 1 atom stereocenters. The van der Waals surface area contributed by atoms with Crippen molar-refractivity contribution in [2.75, 3.05) is 0 Å². The van der Waals surface area contributed by atoms with E-state index in [0.29, 0.717) is 11.4 Å². The summed E-state index contributed by atoms with van der Waals surface area (Å²) in [4.78, 5) is 8.56. The molecule has 3 rings (SSSR count). The van der Waals surface area contributed by atoms with Crippen LogP contribution in [0.25, 0.3) is 10.2 Å². The van der Waals surface area contributed by atoms with E-state index in [1.54, 1.807) is 11.3 Å². The quantitative estimate of drug-likeness (QED) is 0.773.